The largest absolute Gasteiger partial charge is 0.474 e. The van der Waals surface area contributed by atoms with Gasteiger partial charge in [0.25, 0.3) is 0 Å². The summed E-state index contributed by atoms with van der Waals surface area (Å²) in [4.78, 5) is 4.19. The minimum atomic E-state index is 0.410. The molecule has 0 amide bonds. The molecule has 2 rings (SSSR count). The van der Waals surface area contributed by atoms with Crippen molar-refractivity contribution in [2.45, 2.75) is 32.3 Å². The molecule has 0 spiro atoms. The van der Waals surface area contributed by atoms with E-state index in [1.54, 1.807) is 6.20 Å². The molecule has 2 nitrogen and oxygen atoms in total. The maximum absolute atomic E-state index is 5.65. The minimum Gasteiger partial charge on any atom is -0.474 e. The van der Waals surface area contributed by atoms with Crippen molar-refractivity contribution in [3.63, 3.8) is 0 Å². The van der Waals surface area contributed by atoms with E-state index in [1.807, 2.05) is 13.0 Å². The van der Waals surface area contributed by atoms with Crippen molar-refractivity contribution in [3.8, 4) is 5.88 Å². The number of rotatable bonds is 2. The quantitative estimate of drug-likeness (QED) is 0.795. The van der Waals surface area contributed by atoms with Gasteiger partial charge in [-0.05, 0) is 47.7 Å². The molecule has 1 aromatic heterocycles. The van der Waals surface area contributed by atoms with Crippen molar-refractivity contribution in [3.05, 3.63) is 22.3 Å². The first-order valence-electron chi connectivity index (χ1n) is 4.54. The third-order valence-electron chi connectivity index (χ3n) is 2.36. The molecule has 0 aliphatic heterocycles. The van der Waals surface area contributed by atoms with Crippen molar-refractivity contribution in [1.29, 1.82) is 0 Å². The summed E-state index contributed by atoms with van der Waals surface area (Å²) in [5.74, 6) is 0.755. The highest BCUT2D eigenvalue weighted by Gasteiger charge is 2.19. The zero-order valence-corrected chi connectivity index (χ0v) is 9.17. The van der Waals surface area contributed by atoms with Gasteiger partial charge < -0.3 is 4.74 Å². The molecule has 1 aliphatic rings. The van der Waals surface area contributed by atoms with E-state index in [0.29, 0.717) is 6.10 Å². The van der Waals surface area contributed by atoms with E-state index in [4.69, 9.17) is 4.74 Å². The standard InChI is InChI=1S/C10H12BrNO/c1-7-5-10(12-6-9(7)11)13-8-3-2-4-8/h5-6,8H,2-4H2,1H3. The highest BCUT2D eigenvalue weighted by atomic mass is 79.9. The van der Waals surface area contributed by atoms with Gasteiger partial charge in [-0.25, -0.2) is 4.98 Å². The second-order valence-corrected chi connectivity index (χ2v) is 4.30. The van der Waals surface area contributed by atoms with Crippen LogP contribution < -0.4 is 4.74 Å². The van der Waals surface area contributed by atoms with Gasteiger partial charge in [0.05, 0.1) is 0 Å². The Labute approximate surface area is 86.5 Å². The molecule has 0 radical (unpaired) electrons. The lowest BCUT2D eigenvalue weighted by Gasteiger charge is -2.25. The number of ether oxygens (including phenoxy) is 1. The van der Waals surface area contributed by atoms with Crippen molar-refractivity contribution in [2.24, 2.45) is 0 Å². The molecule has 70 valence electrons. The molecule has 0 unspecified atom stereocenters. The lowest BCUT2D eigenvalue weighted by atomic mass is 9.96. The van der Waals surface area contributed by atoms with Gasteiger partial charge in [-0.15, -0.1) is 0 Å². The van der Waals surface area contributed by atoms with Crippen LogP contribution in [0.2, 0.25) is 0 Å². The third kappa shape index (κ3) is 2.02. The van der Waals surface area contributed by atoms with Crippen LogP contribution in [0.25, 0.3) is 0 Å². The van der Waals surface area contributed by atoms with Gasteiger partial charge in [-0.3, -0.25) is 0 Å². The second kappa shape index (κ2) is 3.66. The summed E-state index contributed by atoms with van der Waals surface area (Å²) < 4.78 is 6.69. The molecular formula is C10H12BrNO. The number of hydrogen-bond donors (Lipinski definition) is 0. The van der Waals surface area contributed by atoms with E-state index in [-0.39, 0.29) is 0 Å². The van der Waals surface area contributed by atoms with Crippen molar-refractivity contribution < 1.29 is 4.74 Å². The van der Waals surface area contributed by atoms with Gasteiger partial charge >= 0.3 is 0 Å². The zero-order valence-electron chi connectivity index (χ0n) is 7.59. The van der Waals surface area contributed by atoms with Crippen molar-refractivity contribution in [2.75, 3.05) is 0 Å². The molecule has 0 bridgehead atoms. The average molecular weight is 242 g/mol. The number of pyridine rings is 1. The fraction of sp³-hybridized carbons (Fsp3) is 0.500. The Bertz CT molecular complexity index is 310. The van der Waals surface area contributed by atoms with Gasteiger partial charge in [-0.2, -0.15) is 0 Å². The number of aromatic nitrogens is 1. The van der Waals surface area contributed by atoms with Crippen LogP contribution in [0.15, 0.2) is 16.7 Å². The predicted octanol–water partition coefficient (Wildman–Crippen LogP) is 3.08. The number of hydrogen-bond acceptors (Lipinski definition) is 2. The number of halogens is 1. The van der Waals surface area contributed by atoms with E-state index >= 15 is 0 Å². The molecule has 13 heavy (non-hydrogen) atoms. The van der Waals surface area contributed by atoms with Crippen LogP contribution in [0.3, 0.4) is 0 Å². The Morgan fingerprint density at radius 3 is 2.85 bits per heavy atom. The van der Waals surface area contributed by atoms with Gasteiger partial charge in [0.2, 0.25) is 5.88 Å². The van der Waals surface area contributed by atoms with E-state index in [2.05, 4.69) is 20.9 Å². The van der Waals surface area contributed by atoms with E-state index in [0.717, 1.165) is 10.4 Å². The lowest BCUT2D eigenvalue weighted by molar-refractivity contribution is 0.114. The molecule has 0 atom stereocenters. The molecule has 1 heterocycles. The Hall–Kier alpha value is -0.570. The van der Waals surface area contributed by atoms with Crippen LogP contribution in [0.5, 0.6) is 5.88 Å². The molecular weight excluding hydrogens is 230 g/mol. The van der Waals surface area contributed by atoms with E-state index in [1.165, 1.54) is 24.8 Å². The van der Waals surface area contributed by atoms with Crippen molar-refractivity contribution in [1.82, 2.24) is 4.98 Å². The van der Waals surface area contributed by atoms with Crippen LogP contribution in [0, 0.1) is 6.92 Å². The molecule has 1 aromatic rings. The summed E-state index contributed by atoms with van der Waals surface area (Å²) >= 11 is 3.41. The second-order valence-electron chi connectivity index (χ2n) is 3.44. The lowest BCUT2D eigenvalue weighted by Crippen LogP contribution is -2.24. The summed E-state index contributed by atoms with van der Waals surface area (Å²) in [6.45, 7) is 2.04. The fourth-order valence-electron chi connectivity index (χ4n) is 1.24. The summed E-state index contributed by atoms with van der Waals surface area (Å²) in [5, 5.41) is 0. The summed E-state index contributed by atoms with van der Waals surface area (Å²) in [6, 6.07) is 1.97. The third-order valence-corrected chi connectivity index (χ3v) is 3.19. The highest BCUT2D eigenvalue weighted by molar-refractivity contribution is 9.10. The van der Waals surface area contributed by atoms with Crippen LogP contribution in [0.4, 0.5) is 0 Å². The topological polar surface area (TPSA) is 22.1 Å². The molecule has 1 saturated carbocycles. The SMILES string of the molecule is Cc1cc(OC2CCC2)ncc1Br. The first kappa shape index (κ1) is 9.00. The molecule has 0 aromatic carbocycles. The fourth-order valence-corrected chi connectivity index (χ4v) is 1.45. The Kier molecular flexibility index (Phi) is 2.54. The van der Waals surface area contributed by atoms with Gasteiger partial charge in [-0.1, -0.05) is 0 Å². The highest BCUT2D eigenvalue weighted by Crippen LogP contribution is 2.25. The normalized spacial score (nSPS) is 16.8. The van der Waals surface area contributed by atoms with Crippen LogP contribution in [-0.2, 0) is 0 Å². The number of aryl methyl sites for hydroxylation is 1. The summed E-state index contributed by atoms with van der Waals surface area (Å²) in [5.41, 5.74) is 1.17. The van der Waals surface area contributed by atoms with Crippen molar-refractivity contribution >= 4 is 15.9 Å². The minimum absolute atomic E-state index is 0.410. The Morgan fingerprint density at radius 1 is 1.54 bits per heavy atom. The zero-order chi connectivity index (χ0) is 9.26. The molecule has 0 N–H and O–H groups in total. The maximum atomic E-state index is 5.65. The van der Waals surface area contributed by atoms with Crippen LogP contribution in [-0.4, -0.2) is 11.1 Å². The first-order valence-corrected chi connectivity index (χ1v) is 5.34. The predicted molar refractivity (Wildman–Crippen MR) is 54.9 cm³/mol. The van der Waals surface area contributed by atoms with Gasteiger partial charge in [0.1, 0.15) is 6.10 Å². The van der Waals surface area contributed by atoms with E-state index < -0.39 is 0 Å². The molecule has 1 aliphatic carbocycles. The molecule has 1 fully saturated rings. The average Bonchev–Trinajstić information content (AvgIpc) is 2.04. The number of nitrogens with zero attached hydrogens (tertiary/aromatic N) is 1. The monoisotopic (exact) mass is 241 g/mol. The summed E-state index contributed by atoms with van der Waals surface area (Å²) in [6.07, 6.45) is 5.85. The van der Waals surface area contributed by atoms with E-state index in [9.17, 15) is 0 Å². The summed E-state index contributed by atoms with van der Waals surface area (Å²) in [7, 11) is 0. The van der Waals surface area contributed by atoms with Crippen LogP contribution in [0.1, 0.15) is 24.8 Å². The van der Waals surface area contributed by atoms with Gasteiger partial charge in [0.15, 0.2) is 0 Å². The first-order chi connectivity index (χ1) is 6.25. The van der Waals surface area contributed by atoms with Crippen LogP contribution >= 0.6 is 15.9 Å². The maximum Gasteiger partial charge on any atom is 0.213 e. The Morgan fingerprint density at radius 2 is 2.31 bits per heavy atom. The molecule has 3 heteroatoms. The van der Waals surface area contributed by atoms with Gasteiger partial charge in [0, 0.05) is 16.7 Å². The Balaban J connectivity index is 2.07. The molecule has 0 saturated heterocycles. The smallest absolute Gasteiger partial charge is 0.213 e.